The van der Waals surface area contributed by atoms with Gasteiger partial charge in [0, 0.05) is 50.9 Å². The van der Waals surface area contributed by atoms with Crippen molar-refractivity contribution in [2.75, 3.05) is 14.7 Å². The maximum atomic E-state index is 2.79. The van der Waals surface area contributed by atoms with Crippen LogP contribution in [-0.4, -0.2) is 12.3 Å². The molecule has 0 amide bonds. The molecule has 2 unspecified atom stereocenters. The molecule has 6 aromatic carbocycles. The SMILES string of the molecule is Cc1cc(C(C)(C)C)ccc1N1c2ccc(C(C)(C)C)cc2B2c3ccc(N4c5ccccc5C5(C)CCCCCCC45C)cc3N(c3ccc(C(C)(C)C)cc3)c3cc(C(C)(C)C)cc1c32. The van der Waals surface area contributed by atoms with Crippen LogP contribution in [-0.2, 0) is 27.1 Å². The highest BCUT2D eigenvalue weighted by molar-refractivity contribution is 7.00. The lowest BCUT2D eigenvalue weighted by Gasteiger charge is -2.49. The van der Waals surface area contributed by atoms with Crippen LogP contribution in [0.2, 0.25) is 0 Å². The molecule has 67 heavy (non-hydrogen) atoms. The van der Waals surface area contributed by atoms with Crippen molar-refractivity contribution >= 4 is 68.6 Å². The van der Waals surface area contributed by atoms with Crippen molar-refractivity contribution < 1.29 is 0 Å². The van der Waals surface area contributed by atoms with Crippen molar-refractivity contribution in [3.05, 3.63) is 149 Å². The Labute approximate surface area is 405 Å². The molecule has 0 aromatic heterocycles. The summed E-state index contributed by atoms with van der Waals surface area (Å²) in [5, 5.41) is 0. The van der Waals surface area contributed by atoms with Crippen molar-refractivity contribution in [3.8, 4) is 0 Å². The summed E-state index contributed by atoms with van der Waals surface area (Å²) in [4.78, 5) is 8.08. The van der Waals surface area contributed by atoms with Gasteiger partial charge in [0.2, 0.25) is 0 Å². The zero-order valence-corrected chi connectivity index (χ0v) is 43.6. The number of hydrogen-bond acceptors (Lipinski definition) is 3. The molecule has 6 aromatic rings. The van der Waals surface area contributed by atoms with Crippen LogP contribution in [0.3, 0.4) is 0 Å². The Morgan fingerprint density at radius 1 is 0.433 bits per heavy atom. The summed E-state index contributed by atoms with van der Waals surface area (Å²) >= 11 is 0. The first-order valence-corrected chi connectivity index (χ1v) is 25.6. The quantitative estimate of drug-likeness (QED) is 0.164. The number of anilines is 8. The van der Waals surface area contributed by atoms with E-state index in [2.05, 4.69) is 234 Å². The van der Waals surface area contributed by atoms with E-state index in [1.165, 1.54) is 134 Å². The van der Waals surface area contributed by atoms with E-state index in [1.54, 1.807) is 0 Å². The lowest BCUT2D eigenvalue weighted by molar-refractivity contribution is 0.218. The molecule has 0 spiro atoms. The largest absolute Gasteiger partial charge is 0.334 e. The topological polar surface area (TPSA) is 9.72 Å². The van der Waals surface area contributed by atoms with E-state index < -0.39 is 0 Å². The number of benzene rings is 6. The van der Waals surface area contributed by atoms with Gasteiger partial charge in [0.25, 0.3) is 6.71 Å². The molecule has 0 saturated heterocycles. The maximum Gasteiger partial charge on any atom is 0.252 e. The summed E-state index contributed by atoms with van der Waals surface area (Å²) in [5.41, 5.74) is 22.5. The van der Waals surface area contributed by atoms with Crippen LogP contribution in [0.25, 0.3) is 0 Å². The second kappa shape index (κ2) is 15.4. The van der Waals surface area contributed by atoms with Crippen molar-refractivity contribution in [2.45, 2.75) is 175 Å². The van der Waals surface area contributed by atoms with Gasteiger partial charge in [-0.15, -0.1) is 0 Å². The Morgan fingerprint density at radius 3 is 1.61 bits per heavy atom. The van der Waals surface area contributed by atoms with Crippen LogP contribution in [0.15, 0.2) is 115 Å². The minimum atomic E-state index is -0.103. The molecule has 1 fully saturated rings. The van der Waals surface area contributed by atoms with Gasteiger partial charge in [0.05, 0.1) is 5.54 Å². The number of hydrogen-bond donors (Lipinski definition) is 0. The summed E-state index contributed by atoms with van der Waals surface area (Å²) in [6.45, 7) is 35.7. The van der Waals surface area contributed by atoms with E-state index in [1.807, 2.05) is 0 Å². The summed E-state index contributed by atoms with van der Waals surface area (Å²) in [6, 6.07) is 46.3. The number of aryl methyl sites for hydroxylation is 1. The van der Waals surface area contributed by atoms with Crippen LogP contribution in [0, 0.1) is 6.92 Å². The minimum absolute atomic E-state index is 0.0195. The van der Waals surface area contributed by atoms with E-state index in [4.69, 9.17) is 0 Å². The third-order valence-electron chi connectivity index (χ3n) is 16.8. The van der Waals surface area contributed by atoms with Crippen LogP contribution >= 0.6 is 0 Å². The Bertz CT molecular complexity index is 2910. The smallest absolute Gasteiger partial charge is 0.252 e. The first-order chi connectivity index (χ1) is 31.4. The van der Waals surface area contributed by atoms with Gasteiger partial charge in [-0.3, -0.25) is 0 Å². The fraction of sp³-hybridized carbons (Fsp3) is 0.429. The van der Waals surface area contributed by atoms with Gasteiger partial charge in [-0.05, 0) is 153 Å². The van der Waals surface area contributed by atoms with Gasteiger partial charge in [-0.1, -0.05) is 176 Å². The van der Waals surface area contributed by atoms with Crippen LogP contribution in [0.1, 0.15) is 169 Å². The van der Waals surface area contributed by atoms with Crippen molar-refractivity contribution in [2.24, 2.45) is 0 Å². The highest BCUT2D eigenvalue weighted by Crippen LogP contribution is 2.60. The molecule has 3 heterocycles. The van der Waals surface area contributed by atoms with E-state index in [-0.39, 0.29) is 39.3 Å². The number of para-hydroxylation sites is 1. The Morgan fingerprint density at radius 2 is 0.985 bits per heavy atom. The lowest BCUT2D eigenvalue weighted by Crippen LogP contribution is -2.61. The summed E-state index contributed by atoms with van der Waals surface area (Å²) in [5.74, 6) is 0. The molecule has 4 heteroatoms. The molecule has 3 nitrogen and oxygen atoms in total. The molecule has 1 aliphatic carbocycles. The third kappa shape index (κ3) is 7.20. The van der Waals surface area contributed by atoms with Crippen molar-refractivity contribution in [1.82, 2.24) is 0 Å². The van der Waals surface area contributed by atoms with Crippen molar-refractivity contribution in [3.63, 3.8) is 0 Å². The van der Waals surface area contributed by atoms with Gasteiger partial charge in [0.1, 0.15) is 0 Å². The summed E-state index contributed by atoms with van der Waals surface area (Å²) in [6.07, 6.45) is 7.55. The molecule has 3 aliphatic heterocycles. The predicted octanol–water partition coefficient (Wildman–Crippen LogP) is 15.8. The fourth-order valence-corrected chi connectivity index (χ4v) is 12.5. The monoisotopic (exact) mass is 886 g/mol. The van der Waals surface area contributed by atoms with Gasteiger partial charge in [-0.2, -0.15) is 0 Å². The van der Waals surface area contributed by atoms with Crippen LogP contribution < -0.4 is 31.1 Å². The van der Waals surface area contributed by atoms with E-state index >= 15 is 0 Å². The number of rotatable bonds is 3. The molecule has 10 rings (SSSR count). The van der Waals surface area contributed by atoms with Gasteiger partial charge < -0.3 is 14.7 Å². The molecule has 0 N–H and O–H groups in total. The predicted molar refractivity (Wildman–Crippen MR) is 292 cm³/mol. The average molecular weight is 886 g/mol. The second-order valence-electron chi connectivity index (χ2n) is 25.5. The maximum absolute atomic E-state index is 2.79. The zero-order chi connectivity index (χ0) is 47.8. The Hall–Kier alpha value is -5.22. The minimum Gasteiger partial charge on any atom is -0.334 e. The lowest BCUT2D eigenvalue weighted by atomic mass is 9.33. The molecule has 2 atom stereocenters. The van der Waals surface area contributed by atoms with E-state index in [0.717, 1.165) is 0 Å². The number of nitrogens with zero attached hydrogens (tertiary/aromatic N) is 3. The first-order valence-electron chi connectivity index (χ1n) is 25.6. The van der Waals surface area contributed by atoms with Crippen LogP contribution in [0.4, 0.5) is 45.5 Å². The molecule has 346 valence electrons. The Kier molecular flexibility index (Phi) is 10.5. The van der Waals surface area contributed by atoms with Gasteiger partial charge in [0.15, 0.2) is 0 Å². The highest BCUT2D eigenvalue weighted by atomic mass is 15.3. The van der Waals surface area contributed by atoms with Crippen LogP contribution in [0.5, 0.6) is 0 Å². The van der Waals surface area contributed by atoms with E-state index in [9.17, 15) is 0 Å². The molecule has 0 bridgehead atoms. The van der Waals surface area contributed by atoms with Gasteiger partial charge in [-0.25, -0.2) is 0 Å². The third-order valence-corrected chi connectivity index (χ3v) is 16.8. The molecular weight excluding hydrogens is 810 g/mol. The summed E-state index contributed by atoms with van der Waals surface area (Å²) < 4.78 is 0. The average Bonchev–Trinajstić information content (AvgIpc) is 3.44. The van der Waals surface area contributed by atoms with Crippen molar-refractivity contribution in [1.29, 1.82) is 0 Å². The first kappa shape index (κ1) is 45.6. The summed E-state index contributed by atoms with van der Waals surface area (Å²) in [7, 11) is 0. The second-order valence-corrected chi connectivity index (χ2v) is 25.5. The number of fused-ring (bicyclic) bond motifs is 7. The Balaban J connectivity index is 1.29. The molecule has 4 aliphatic rings. The molecular formula is C63H76BN3. The van der Waals surface area contributed by atoms with Gasteiger partial charge >= 0.3 is 0 Å². The molecule has 1 saturated carbocycles. The molecule has 0 radical (unpaired) electrons. The van der Waals surface area contributed by atoms with E-state index in [0.29, 0.717) is 0 Å². The zero-order valence-electron chi connectivity index (χ0n) is 43.6. The highest BCUT2D eigenvalue weighted by Gasteiger charge is 2.56. The normalized spacial score (nSPS) is 20.4. The standard InChI is InChI=1S/C63H76BN3/c1-41-36-43(59(5,6)7)26-32-51(41)66-53-33-27-44(60(8,9)10)37-50(53)64-49-31-30-47(67-52-23-19-18-22-48(52)62(14)34-20-16-17-21-35-63(62,67)15)40-54(49)65(46-28-24-42(25-29-46)58(2,3)4)55-38-45(61(11,12)13)39-56(66)57(55)64/h18-19,22-33,36-40H,16-17,20-21,34-35H2,1-15H3. The fourth-order valence-electron chi connectivity index (χ4n) is 12.5.